The molecule has 0 nitrogen and oxygen atoms in total. The normalized spacial score (nSPS) is 13.3. The lowest BCUT2D eigenvalue weighted by atomic mass is 10.2. The lowest BCUT2D eigenvalue weighted by Gasteiger charge is -2.32. The van der Waals surface area contributed by atoms with Gasteiger partial charge in [0.2, 0.25) is 0 Å². The smallest absolute Gasteiger partial charge is 0.0151 e. The molecule has 0 aliphatic heterocycles. The molecular formula is C33H38P2. The summed E-state index contributed by atoms with van der Waals surface area (Å²) >= 11 is 0. The maximum absolute atomic E-state index is 2.49. The van der Waals surface area contributed by atoms with E-state index >= 15 is 0 Å². The Bertz CT molecular complexity index is 1020. The van der Waals surface area contributed by atoms with Gasteiger partial charge in [0.05, 0.1) is 0 Å². The summed E-state index contributed by atoms with van der Waals surface area (Å²) in [7, 11) is -0.864. The lowest BCUT2D eigenvalue weighted by Crippen LogP contribution is -2.26. The third-order valence-electron chi connectivity index (χ3n) is 6.81. The van der Waals surface area contributed by atoms with E-state index in [9.17, 15) is 0 Å². The molecule has 2 atom stereocenters. The molecule has 4 aromatic rings. The maximum atomic E-state index is 2.49. The third-order valence-corrected chi connectivity index (χ3v) is 12.4. The van der Waals surface area contributed by atoms with E-state index in [2.05, 4.69) is 139 Å². The molecule has 0 radical (unpaired) electrons. The quantitative estimate of drug-likeness (QED) is 0.220. The molecule has 0 N–H and O–H groups in total. The van der Waals surface area contributed by atoms with Crippen LogP contribution < -0.4 is 21.2 Å². The van der Waals surface area contributed by atoms with Crippen molar-refractivity contribution >= 4 is 37.1 Å². The van der Waals surface area contributed by atoms with Gasteiger partial charge in [0.25, 0.3) is 0 Å². The van der Waals surface area contributed by atoms with Crippen molar-refractivity contribution in [2.75, 3.05) is 0 Å². The van der Waals surface area contributed by atoms with Gasteiger partial charge in [-0.2, -0.15) is 0 Å². The number of aryl methyl sites for hydroxylation is 4. The van der Waals surface area contributed by atoms with Gasteiger partial charge in [0.1, 0.15) is 0 Å². The van der Waals surface area contributed by atoms with Gasteiger partial charge < -0.3 is 0 Å². The zero-order valence-electron chi connectivity index (χ0n) is 22.0. The largest absolute Gasteiger partial charge is 0.0587 e. The Balaban J connectivity index is 1.68. The van der Waals surface area contributed by atoms with Crippen LogP contribution >= 0.6 is 15.8 Å². The SMILES string of the molecule is Cc1ccc(P(c2ccc(C)cc2)C(C)CC(C)P(c2ccc(C)cc2)c2ccc(C)cc2)cc1. The Kier molecular flexibility index (Phi) is 8.59. The predicted octanol–water partition coefficient (Wildman–Crippen LogP) is 7.65. The van der Waals surface area contributed by atoms with Crippen molar-refractivity contribution in [3.63, 3.8) is 0 Å². The molecule has 2 unspecified atom stereocenters. The molecule has 0 spiro atoms. The van der Waals surface area contributed by atoms with Gasteiger partial charge in [0.15, 0.2) is 0 Å². The summed E-state index contributed by atoms with van der Waals surface area (Å²) in [4.78, 5) is 0. The van der Waals surface area contributed by atoms with Gasteiger partial charge in [-0.15, -0.1) is 0 Å². The highest BCUT2D eigenvalue weighted by molar-refractivity contribution is 7.74. The fourth-order valence-electron chi connectivity index (χ4n) is 4.84. The maximum Gasteiger partial charge on any atom is -0.0151 e. The van der Waals surface area contributed by atoms with E-state index in [1.165, 1.54) is 49.9 Å². The minimum atomic E-state index is -0.432. The van der Waals surface area contributed by atoms with E-state index in [1.807, 2.05) is 0 Å². The molecule has 0 heterocycles. The molecule has 35 heavy (non-hydrogen) atoms. The fraction of sp³-hybridized carbons (Fsp3) is 0.273. The van der Waals surface area contributed by atoms with Crippen LogP contribution in [0, 0.1) is 27.7 Å². The molecule has 0 aliphatic carbocycles. The Hall–Kier alpha value is -2.26. The predicted molar refractivity (Wildman–Crippen MR) is 161 cm³/mol. The van der Waals surface area contributed by atoms with E-state index in [4.69, 9.17) is 0 Å². The van der Waals surface area contributed by atoms with Crippen LogP contribution in [-0.4, -0.2) is 11.3 Å². The molecule has 0 saturated heterocycles. The van der Waals surface area contributed by atoms with Crippen molar-refractivity contribution < 1.29 is 0 Å². The summed E-state index contributed by atoms with van der Waals surface area (Å²) < 4.78 is 0. The van der Waals surface area contributed by atoms with E-state index in [1.54, 1.807) is 0 Å². The summed E-state index contributed by atoms with van der Waals surface area (Å²) in [6.07, 6.45) is 1.21. The highest BCUT2D eigenvalue weighted by Gasteiger charge is 2.28. The van der Waals surface area contributed by atoms with Crippen LogP contribution in [0.4, 0.5) is 0 Å². The minimum Gasteiger partial charge on any atom is -0.0587 e. The lowest BCUT2D eigenvalue weighted by molar-refractivity contribution is 0.793. The minimum absolute atomic E-state index is 0.432. The third kappa shape index (κ3) is 6.50. The van der Waals surface area contributed by atoms with Crippen molar-refractivity contribution in [3.05, 3.63) is 119 Å². The first-order valence-electron chi connectivity index (χ1n) is 12.7. The van der Waals surface area contributed by atoms with Crippen LogP contribution in [0.5, 0.6) is 0 Å². The van der Waals surface area contributed by atoms with Gasteiger partial charge in [-0.3, -0.25) is 0 Å². The molecule has 4 rings (SSSR count). The standard InChI is InChI=1S/C33H38P2/c1-24-7-15-30(16-8-24)34(31-17-9-25(2)10-18-31)28(5)23-29(6)35(32-19-11-26(3)12-20-32)33-21-13-27(4)14-22-33/h7-22,28-29H,23H2,1-6H3. The molecule has 180 valence electrons. The molecule has 4 aromatic carbocycles. The van der Waals surface area contributed by atoms with E-state index in [0.29, 0.717) is 11.3 Å². The van der Waals surface area contributed by atoms with Gasteiger partial charge >= 0.3 is 0 Å². The summed E-state index contributed by atoms with van der Waals surface area (Å²) in [6.45, 7) is 13.7. The second-order valence-electron chi connectivity index (χ2n) is 10.0. The summed E-state index contributed by atoms with van der Waals surface area (Å²) in [5.41, 5.74) is 6.50. The van der Waals surface area contributed by atoms with Gasteiger partial charge in [-0.25, -0.2) is 0 Å². The first kappa shape index (κ1) is 25.8. The molecule has 0 fully saturated rings. The molecule has 0 amide bonds. The van der Waals surface area contributed by atoms with E-state index in [0.717, 1.165) is 0 Å². The summed E-state index contributed by atoms with van der Waals surface area (Å²) in [5, 5.41) is 5.96. The zero-order chi connectivity index (χ0) is 24.9. The molecular weight excluding hydrogens is 458 g/mol. The number of hydrogen-bond donors (Lipinski definition) is 0. The van der Waals surface area contributed by atoms with Gasteiger partial charge in [-0.1, -0.05) is 133 Å². The highest BCUT2D eigenvalue weighted by atomic mass is 31.1. The number of hydrogen-bond acceptors (Lipinski definition) is 0. The van der Waals surface area contributed by atoms with E-state index < -0.39 is 15.8 Å². The van der Waals surface area contributed by atoms with Crippen molar-refractivity contribution in [1.29, 1.82) is 0 Å². The Morgan fingerprint density at radius 2 is 0.600 bits per heavy atom. The summed E-state index contributed by atoms with van der Waals surface area (Å²) in [6, 6.07) is 37.2. The molecule has 0 saturated carbocycles. The Labute approximate surface area is 215 Å². The van der Waals surface area contributed by atoms with Crippen molar-refractivity contribution in [3.8, 4) is 0 Å². The molecule has 2 heteroatoms. The van der Waals surface area contributed by atoms with Crippen LogP contribution in [0.2, 0.25) is 0 Å². The number of benzene rings is 4. The van der Waals surface area contributed by atoms with E-state index in [-0.39, 0.29) is 0 Å². The number of rotatable bonds is 8. The van der Waals surface area contributed by atoms with Crippen LogP contribution in [0.25, 0.3) is 0 Å². The molecule has 0 aromatic heterocycles. The van der Waals surface area contributed by atoms with Crippen LogP contribution in [-0.2, 0) is 0 Å². The van der Waals surface area contributed by atoms with Crippen LogP contribution in [0.15, 0.2) is 97.1 Å². The second kappa shape index (κ2) is 11.6. The Morgan fingerprint density at radius 3 is 0.800 bits per heavy atom. The summed E-state index contributed by atoms with van der Waals surface area (Å²) in [5.74, 6) is 0. The first-order valence-corrected chi connectivity index (χ1v) is 15.5. The van der Waals surface area contributed by atoms with Crippen molar-refractivity contribution in [2.45, 2.75) is 59.3 Å². The van der Waals surface area contributed by atoms with Crippen LogP contribution in [0.1, 0.15) is 42.5 Å². The topological polar surface area (TPSA) is 0 Å². The molecule has 0 aliphatic rings. The second-order valence-corrected chi connectivity index (χ2v) is 15.3. The zero-order valence-corrected chi connectivity index (χ0v) is 23.8. The average molecular weight is 497 g/mol. The van der Waals surface area contributed by atoms with Crippen LogP contribution in [0.3, 0.4) is 0 Å². The average Bonchev–Trinajstić information content (AvgIpc) is 2.84. The van der Waals surface area contributed by atoms with Crippen molar-refractivity contribution in [1.82, 2.24) is 0 Å². The van der Waals surface area contributed by atoms with Crippen molar-refractivity contribution in [2.24, 2.45) is 0 Å². The highest BCUT2D eigenvalue weighted by Crippen LogP contribution is 2.48. The van der Waals surface area contributed by atoms with Gasteiger partial charge in [0, 0.05) is 0 Å². The monoisotopic (exact) mass is 496 g/mol. The molecule has 0 bridgehead atoms. The Morgan fingerprint density at radius 1 is 0.400 bits per heavy atom. The van der Waals surface area contributed by atoms with Gasteiger partial charge in [-0.05, 0) is 82.5 Å². The first-order chi connectivity index (χ1) is 16.8. The fourth-order valence-corrected chi connectivity index (χ4v) is 10.6.